The van der Waals surface area contributed by atoms with Gasteiger partial charge < -0.3 is 9.64 Å². The van der Waals surface area contributed by atoms with E-state index in [4.69, 9.17) is 16.3 Å². The number of ether oxygens (including phenoxy) is 1. The van der Waals surface area contributed by atoms with Gasteiger partial charge in [0.05, 0.1) is 21.7 Å². The summed E-state index contributed by atoms with van der Waals surface area (Å²) in [4.78, 5) is 18.5. The lowest BCUT2D eigenvalue weighted by atomic mass is 10.3. The average molecular weight is 418 g/mol. The number of carbonyl (C=O) groups excluding carboxylic acids is 1. The number of carbonyl (C=O) groups is 1. The van der Waals surface area contributed by atoms with Crippen LogP contribution in [0.1, 0.15) is 24.5 Å². The fraction of sp³-hybridized carbons (Fsp3) is 0.375. The second-order valence-electron chi connectivity index (χ2n) is 5.12. The SMILES string of the molecule is CCc1nc(CN(C)C(=O)C(C)Oc2ccc(Cl)cc2Br)cs1. The van der Waals surface area contributed by atoms with Crippen LogP contribution in [0.15, 0.2) is 28.1 Å². The highest BCUT2D eigenvalue weighted by Gasteiger charge is 2.21. The molecule has 2 aromatic rings. The fourth-order valence-electron chi connectivity index (χ4n) is 2.03. The number of benzene rings is 1. The standard InChI is InChI=1S/C16H18BrClN2O2S/c1-4-15-19-12(9-23-15)8-20(3)16(21)10(2)22-14-6-5-11(18)7-13(14)17/h5-7,9-10H,4,8H2,1-3H3. The lowest BCUT2D eigenvalue weighted by Crippen LogP contribution is -2.37. The van der Waals surface area contributed by atoms with Gasteiger partial charge in [-0.2, -0.15) is 0 Å². The number of likely N-dealkylation sites (N-methyl/N-ethyl adjacent to an activating group) is 1. The Morgan fingerprint density at radius 3 is 2.87 bits per heavy atom. The molecule has 1 heterocycles. The van der Waals surface area contributed by atoms with E-state index in [1.54, 1.807) is 48.4 Å². The Hall–Kier alpha value is -1.11. The molecule has 124 valence electrons. The first-order valence-electron chi connectivity index (χ1n) is 7.20. The Kier molecular flexibility index (Phi) is 6.44. The summed E-state index contributed by atoms with van der Waals surface area (Å²) in [6.07, 6.45) is 0.314. The summed E-state index contributed by atoms with van der Waals surface area (Å²) in [5.41, 5.74) is 0.905. The molecule has 0 aliphatic carbocycles. The van der Waals surface area contributed by atoms with Crippen molar-refractivity contribution in [1.29, 1.82) is 0 Å². The molecule has 2 rings (SSSR count). The maximum Gasteiger partial charge on any atom is 0.263 e. The molecule has 0 fully saturated rings. The number of nitrogens with zero attached hydrogens (tertiary/aromatic N) is 2. The minimum atomic E-state index is -0.596. The third kappa shape index (κ3) is 4.93. The second kappa shape index (κ2) is 8.13. The number of halogens is 2. The van der Waals surface area contributed by atoms with Crippen molar-refractivity contribution in [2.24, 2.45) is 0 Å². The number of rotatable bonds is 6. The third-order valence-electron chi connectivity index (χ3n) is 3.22. The summed E-state index contributed by atoms with van der Waals surface area (Å²) in [6, 6.07) is 5.20. The van der Waals surface area contributed by atoms with Gasteiger partial charge in [0.2, 0.25) is 0 Å². The van der Waals surface area contributed by atoms with Gasteiger partial charge in [0.15, 0.2) is 6.10 Å². The molecule has 1 aromatic carbocycles. The van der Waals surface area contributed by atoms with Gasteiger partial charge in [-0.05, 0) is 47.5 Å². The lowest BCUT2D eigenvalue weighted by Gasteiger charge is -2.22. The van der Waals surface area contributed by atoms with Gasteiger partial charge in [0.25, 0.3) is 5.91 Å². The summed E-state index contributed by atoms with van der Waals surface area (Å²) in [5.74, 6) is 0.489. The topological polar surface area (TPSA) is 42.4 Å². The Morgan fingerprint density at radius 1 is 1.52 bits per heavy atom. The predicted molar refractivity (Wildman–Crippen MR) is 97.2 cm³/mol. The van der Waals surface area contributed by atoms with Crippen molar-refractivity contribution >= 4 is 44.8 Å². The number of amides is 1. The van der Waals surface area contributed by atoms with Crippen molar-refractivity contribution in [2.45, 2.75) is 32.9 Å². The maximum atomic E-state index is 12.4. The van der Waals surface area contributed by atoms with E-state index in [-0.39, 0.29) is 5.91 Å². The minimum absolute atomic E-state index is 0.0992. The smallest absolute Gasteiger partial charge is 0.263 e. The molecule has 1 aromatic heterocycles. The molecule has 0 saturated carbocycles. The van der Waals surface area contributed by atoms with Crippen LogP contribution in [0.25, 0.3) is 0 Å². The number of aryl methyl sites for hydroxylation is 1. The van der Waals surface area contributed by atoms with E-state index in [9.17, 15) is 4.79 Å². The number of aromatic nitrogens is 1. The van der Waals surface area contributed by atoms with Crippen molar-refractivity contribution in [1.82, 2.24) is 9.88 Å². The number of thiazole rings is 1. The van der Waals surface area contributed by atoms with Crippen molar-refractivity contribution in [3.05, 3.63) is 43.8 Å². The summed E-state index contributed by atoms with van der Waals surface area (Å²) in [7, 11) is 1.75. The van der Waals surface area contributed by atoms with Crippen molar-refractivity contribution in [2.75, 3.05) is 7.05 Å². The molecule has 1 unspecified atom stereocenters. The first-order chi connectivity index (χ1) is 10.9. The first-order valence-corrected chi connectivity index (χ1v) is 9.25. The summed E-state index contributed by atoms with van der Waals surface area (Å²) in [6.45, 7) is 4.28. The number of hydrogen-bond acceptors (Lipinski definition) is 4. The van der Waals surface area contributed by atoms with Gasteiger partial charge in [0.1, 0.15) is 5.75 Å². The number of hydrogen-bond donors (Lipinski definition) is 0. The van der Waals surface area contributed by atoms with Crippen molar-refractivity contribution in [3.8, 4) is 5.75 Å². The van der Waals surface area contributed by atoms with E-state index in [1.807, 2.05) is 5.38 Å². The fourth-order valence-corrected chi connectivity index (χ4v) is 3.54. The monoisotopic (exact) mass is 416 g/mol. The zero-order chi connectivity index (χ0) is 17.0. The third-order valence-corrected chi connectivity index (χ3v) is 5.12. The molecule has 0 aliphatic rings. The molecule has 0 bridgehead atoms. The molecular formula is C16H18BrClN2O2S. The van der Waals surface area contributed by atoms with Crippen LogP contribution in [-0.2, 0) is 17.8 Å². The molecular weight excluding hydrogens is 400 g/mol. The van der Waals surface area contributed by atoms with Gasteiger partial charge in [0, 0.05) is 17.5 Å². The molecule has 1 amide bonds. The Morgan fingerprint density at radius 2 is 2.26 bits per heavy atom. The second-order valence-corrected chi connectivity index (χ2v) is 7.35. The van der Waals surface area contributed by atoms with E-state index in [0.717, 1.165) is 21.6 Å². The molecule has 0 N–H and O–H groups in total. The molecule has 7 heteroatoms. The van der Waals surface area contributed by atoms with Gasteiger partial charge in [-0.1, -0.05) is 18.5 Å². The Bertz CT molecular complexity index is 692. The van der Waals surface area contributed by atoms with E-state index >= 15 is 0 Å². The highest BCUT2D eigenvalue weighted by molar-refractivity contribution is 9.10. The largest absolute Gasteiger partial charge is 0.480 e. The highest BCUT2D eigenvalue weighted by atomic mass is 79.9. The van der Waals surface area contributed by atoms with Crippen LogP contribution in [0.3, 0.4) is 0 Å². The molecule has 0 spiro atoms. The van der Waals surface area contributed by atoms with Gasteiger partial charge in [-0.25, -0.2) is 4.98 Å². The molecule has 0 radical (unpaired) electrons. The summed E-state index contributed by atoms with van der Waals surface area (Å²) >= 11 is 10.9. The van der Waals surface area contributed by atoms with Crippen LogP contribution in [0, 0.1) is 0 Å². The maximum absolute atomic E-state index is 12.4. The van der Waals surface area contributed by atoms with Crippen LogP contribution in [0.2, 0.25) is 5.02 Å². The van der Waals surface area contributed by atoms with E-state index in [1.165, 1.54) is 0 Å². The van der Waals surface area contributed by atoms with Crippen molar-refractivity contribution < 1.29 is 9.53 Å². The van der Waals surface area contributed by atoms with Crippen LogP contribution in [-0.4, -0.2) is 28.9 Å². The van der Waals surface area contributed by atoms with Crippen LogP contribution < -0.4 is 4.74 Å². The van der Waals surface area contributed by atoms with Crippen LogP contribution >= 0.6 is 38.9 Å². The van der Waals surface area contributed by atoms with Gasteiger partial charge in [-0.3, -0.25) is 4.79 Å². The molecule has 0 aliphatic heterocycles. The Balaban J connectivity index is 1.97. The highest BCUT2D eigenvalue weighted by Crippen LogP contribution is 2.29. The predicted octanol–water partition coefficient (Wildman–Crippen LogP) is 4.55. The van der Waals surface area contributed by atoms with Gasteiger partial charge >= 0.3 is 0 Å². The zero-order valence-corrected chi connectivity index (χ0v) is 16.3. The van der Waals surface area contributed by atoms with Crippen molar-refractivity contribution in [3.63, 3.8) is 0 Å². The lowest BCUT2D eigenvalue weighted by molar-refractivity contribution is -0.137. The minimum Gasteiger partial charge on any atom is -0.480 e. The molecule has 1 atom stereocenters. The first kappa shape index (κ1) is 18.2. The van der Waals surface area contributed by atoms with Gasteiger partial charge in [-0.15, -0.1) is 11.3 Å². The van der Waals surface area contributed by atoms with Crippen LogP contribution in [0.5, 0.6) is 5.75 Å². The summed E-state index contributed by atoms with van der Waals surface area (Å²) < 4.78 is 6.45. The normalized spacial score (nSPS) is 12.0. The quantitative estimate of drug-likeness (QED) is 0.692. The van der Waals surface area contributed by atoms with Crippen LogP contribution in [0.4, 0.5) is 0 Å². The van der Waals surface area contributed by atoms with E-state index in [0.29, 0.717) is 17.3 Å². The Labute approximate surface area is 153 Å². The van der Waals surface area contributed by atoms with E-state index in [2.05, 4.69) is 27.8 Å². The molecule has 0 saturated heterocycles. The molecule has 4 nitrogen and oxygen atoms in total. The zero-order valence-electron chi connectivity index (χ0n) is 13.2. The summed E-state index contributed by atoms with van der Waals surface area (Å²) in [5, 5.41) is 3.68. The van der Waals surface area contributed by atoms with E-state index < -0.39 is 6.10 Å². The molecule has 23 heavy (non-hydrogen) atoms. The average Bonchev–Trinajstić information content (AvgIpc) is 2.96.